The molecule has 180 valence electrons. The average molecular weight is 496 g/mol. The highest BCUT2D eigenvalue weighted by Crippen LogP contribution is 2.29. The summed E-state index contributed by atoms with van der Waals surface area (Å²) < 4.78 is 51.4. The summed E-state index contributed by atoms with van der Waals surface area (Å²) in [5, 5.41) is 8.91. The lowest BCUT2D eigenvalue weighted by Gasteiger charge is -2.36. The molecular weight excluding hydrogens is 464 g/mol. The van der Waals surface area contributed by atoms with Crippen molar-refractivity contribution in [3.05, 3.63) is 29.8 Å². The molecule has 2 heterocycles. The van der Waals surface area contributed by atoms with E-state index in [4.69, 9.17) is 5.26 Å². The fourth-order valence-corrected chi connectivity index (χ4v) is 8.41. The van der Waals surface area contributed by atoms with Gasteiger partial charge >= 0.3 is 0 Å². The number of rotatable bonds is 6. The van der Waals surface area contributed by atoms with Crippen molar-refractivity contribution in [2.75, 3.05) is 44.2 Å². The zero-order valence-electron chi connectivity index (χ0n) is 18.6. The smallest absolute Gasteiger partial charge is 0.278 e. The molecular formula is C22H31N4O5S2+. The predicted molar refractivity (Wildman–Crippen MR) is 122 cm³/mol. The van der Waals surface area contributed by atoms with Gasteiger partial charge in [-0.25, -0.2) is 16.8 Å². The van der Waals surface area contributed by atoms with E-state index >= 15 is 0 Å². The van der Waals surface area contributed by atoms with Gasteiger partial charge in [0.25, 0.3) is 5.91 Å². The Bertz CT molecular complexity index is 1110. The van der Waals surface area contributed by atoms with E-state index in [1.54, 1.807) is 0 Å². The molecule has 1 aromatic carbocycles. The number of nitriles is 1. The molecule has 9 nitrogen and oxygen atoms in total. The fraction of sp³-hybridized carbons (Fsp3) is 0.636. The van der Waals surface area contributed by atoms with Gasteiger partial charge in [0.2, 0.25) is 10.0 Å². The number of hydrogen-bond donors (Lipinski definition) is 1. The third-order valence-corrected chi connectivity index (χ3v) is 10.7. The summed E-state index contributed by atoms with van der Waals surface area (Å²) in [6.07, 6.45) is 4.48. The first kappa shape index (κ1) is 24.1. The van der Waals surface area contributed by atoms with Gasteiger partial charge in [-0.1, -0.05) is 12.8 Å². The van der Waals surface area contributed by atoms with Crippen LogP contribution in [-0.4, -0.2) is 88.3 Å². The summed E-state index contributed by atoms with van der Waals surface area (Å²) in [7, 11) is -6.73. The molecule has 1 atom stereocenters. The Morgan fingerprint density at radius 1 is 1.09 bits per heavy atom. The summed E-state index contributed by atoms with van der Waals surface area (Å²) in [6.45, 7) is 1.92. The zero-order valence-corrected chi connectivity index (χ0v) is 20.3. The standard InChI is InChI=1S/C22H30N4O5S2/c23-15-18-5-7-21(8-6-18)33(30,31)25-12-10-24(11-13-25)16-22(27)26(19-3-1-2-4-19)20-9-14-32(28,29)17-20/h5-8,19-20H,1-4,9-14,16-17H2/p+1. The van der Waals surface area contributed by atoms with Crippen LogP contribution < -0.4 is 4.90 Å². The minimum Gasteiger partial charge on any atom is -0.331 e. The maximum atomic E-state index is 13.3. The Morgan fingerprint density at radius 3 is 2.27 bits per heavy atom. The van der Waals surface area contributed by atoms with Crippen LogP contribution in [0.3, 0.4) is 0 Å². The second-order valence-corrected chi connectivity index (χ2v) is 13.4. The number of nitrogens with one attached hydrogen (secondary N) is 1. The van der Waals surface area contributed by atoms with Crippen LogP contribution in [0.4, 0.5) is 0 Å². The summed E-state index contributed by atoms with van der Waals surface area (Å²) in [5.41, 5.74) is 0.406. The summed E-state index contributed by atoms with van der Waals surface area (Å²) in [4.78, 5) is 16.4. The van der Waals surface area contributed by atoms with Gasteiger partial charge in [0.05, 0.1) is 54.2 Å². The quantitative estimate of drug-likeness (QED) is 0.563. The van der Waals surface area contributed by atoms with Crippen molar-refractivity contribution in [1.82, 2.24) is 9.21 Å². The zero-order chi connectivity index (χ0) is 23.6. The van der Waals surface area contributed by atoms with Crippen molar-refractivity contribution in [3.8, 4) is 6.07 Å². The number of amides is 1. The Morgan fingerprint density at radius 2 is 1.73 bits per heavy atom. The van der Waals surface area contributed by atoms with Crippen molar-refractivity contribution < 1.29 is 26.5 Å². The van der Waals surface area contributed by atoms with Crippen LogP contribution in [0.1, 0.15) is 37.7 Å². The molecule has 1 saturated carbocycles. The van der Waals surface area contributed by atoms with Crippen LogP contribution >= 0.6 is 0 Å². The molecule has 3 aliphatic rings. The van der Waals surface area contributed by atoms with E-state index in [-0.39, 0.29) is 40.9 Å². The first-order chi connectivity index (χ1) is 15.7. The molecule has 0 bridgehead atoms. The normalized spacial score (nSPS) is 24.5. The summed E-state index contributed by atoms with van der Waals surface area (Å²) in [5.74, 6) is 0.191. The molecule has 0 aromatic heterocycles. The first-order valence-corrected chi connectivity index (χ1v) is 14.8. The first-order valence-electron chi connectivity index (χ1n) is 11.5. The molecule has 1 aromatic rings. The van der Waals surface area contributed by atoms with E-state index in [0.29, 0.717) is 38.2 Å². The molecule has 1 amide bonds. The van der Waals surface area contributed by atoms with E-state index in [9.17, 15) is 21.6 Å². The second kappa shape index (κ2) is 9.70. The van der Waals surface area contributed by atoms with Crippen LogP contribution in [0.2, 0.25) is 0 Å². The van der Waals surface area contributed by atoms with E-state index < -0.39 is 19.9 Å². The Hall–Kier alpha value is -2.00. The van der Waals surface area contributed by atoms with Gasteiger partial charge in [0.1, 0.15) is 0 Å². The number of quaternary nitrogens is 1. The predicted octanol–water partition coefficient (Wildman–Crippen LogP) is -0.594. The number of hydrogen-bond acceptors (Lipinski definition) is 6. The van der Waals surface area contributed by atoms with Crippen LogP contribution in [0.15, 0.2) is 29.2 Å². The largest absolute Gasteiger partial charge is 0.331 e. The number of carbonyl (C=O) groups excluding carboxylic acids is 1. The van der Waals surface area contributed by atoms with E-state index in [1.165, 1.54) is 28.6 Å². The minimum absolute atomic E-state index is 0.0117. The number of benzene rings is 1. The molecule has 0 spiro atoms. The van der Waals surface area contributed by atoms with Gasteiger partial charge in [0, 0.05) is 12.1 Å². The summed E-state index contributed by atoms with van der Waals surface area (Å²) in [6, 6.07) is 7.76. The number of nitrogens with zero attached hydrogens (tertiary/aromatic N) is 3. The highest BCUT2D eigenvalue weighted by molar-refractivity contribution is 7.91. The van der Waals surface area contributed by atoms with E-state index in [1.807, 2.05) is 11.0 Å². The van der Waals surface area contributed by atoms with Gasteiger partial charge < -0.3 is 9.80 Å². The van der Waals surface area contributed by atoms with E-state index in [0.717, 1.165) is 30.6 Å². The molecule has 1 N–H and O–H groups in total. The third-order valence-electron chi connectivity index (χ3n) is 7.06. The van der Waals surface area contributed by atoms with Crippen molar-refractivity contribution in [2.24, 2.45) is 0 Å². The number of carbonyl (C=O) groups is 1. The van der Waals surface area contributed by atoms with Gasteiger partial charge in [-0.15, -0.1) is 0 Å². The van der Waals surface area contributed by atoms with Crippen molar-refractivity contribution in [1.29, 1.82) is 5.26 Å². The highest BCUT2D eigenvalue weighted by atomic mass is 32.2. The lowest BCUT2D eigenvalue weighted by Crippen LogP contribution is -3.15. The molecule has 3 fully saturated rings. The molecule has 1 unspecified atom stereocenters. The highest BCUT2D eigenvalue weighted by Gasteiger charge is 2.40. The number of sulfonamides is 1. The molecule has 2 saturated heterocycles. The molecule has 33 heavy (non-hydrogen) atoms. The van der Waals surface area contributed by atoms with Gasteiger partial charge in [0.15, 0.2) is 16.4 Å². The SMILES string of the molecule is N#Cc1ccc(S(=O)(=O)N2CC[NH+](CC(=O)N(C3CCCC3)C3CCS(=O)(=O)C3)CC2)cc1. The summed E-state index contributed by atoms with van der Waals surface area (Å²) >= 11 is 0. The minimum atomic E-state index is -3.65. The molecule has 2 aliphatic heterocycles. The van der Waals surface area contributed by atoms with Crippen LogP contribution in [-0.2, 0) is 24.7 Å². The van der Waals surface area contributed by atoms with Gasteiger partial charge in [-0.2, -0.15) is 9.57 Å². The van der Waals surface area contributed by atoms with Crippen LogP contribution in [0.25, 0.3) is 0 Å². The van der Waals surface area contributed by atoms with Gasteiger partial charge in [-0.3, -0.25) is 4.79 Å². The van der Waals surface area contributed by atoms with Crippen molar-refractivity contribution >= 4 is 25.8 Å². The maximum Gasteiger partial charge on any atom is 0.278 e. The lowest BCUT2D eigenvalue weighted by molar-refractivity contribution is -0.896. The average Bonchev–Trinajstić information content (AvgIpc) is 3.44. The van der Waals surface area contributed by atoms with Crippen molar-refractivity contribution in [3.63, 3.8) is 0 Å². The topological polar surface area (TPSA) is 120 Å². The fourth-order valence-electron chi connectivity index (χ4n) is 5.26. The third kappa shape index (κ3) is 5.40. The molecule has 4 rings (SSSR count). The maximum absolute atomic E-state index is 13.3. The molecule has 11 heteroatoms. The van der Waals surface area contributed by atoms with Crippen LogP contribution in [0, 0.1) is 11.3 Å². The Labute approximate surface area is 195 Å². The van der Waals surface area contributed by atoms with Crippen molar-refractivity contribution in [2.45, 2.75) is 49.1 Å². The lowest BCUT2D eigenvalue weighted by atomic mass is 10.1. The number of sulfone groups is 1. The molecule has 1 aliphatic carbocycles. The monoisotopic (exact) mass is 495 g/mol. The molecule has 0 radical (unpaired) electrons. The number of piperazine rings is 1. The van der Waals surface area contributed by atoms with Gasteiger partial charge in [-0.05, 0) is 43.5 Å². The Balaban J connectivity index is 1.38. The second-order valence-electron chi connectivity index (χ2n) is 9.26. The van der Waals surface area contributed by atoms with E-state index in [2.05, 4.69) is 0 Å². The van der Waals surface area contributed by atoms with Crippen LogP contribution in [0.5, 0.6) is 0 Å². The Kier molecular flexibility index (Phi) is 7.09.